The number of guanidine groups is 1. The number of nitrogens with one attached hydrogen (secondary N) is 2. The third kappa shape index (κ3) is 6.10. The highest BCUT2D eigenvalue weighted by atomic mass is 19.4. The lowest BCUT2D eigenvalue weighted by atomic mass is 10.1. The summed E-state index contributed by atoms with van der Waals surface area (Å²) in [7, 11) is 1.15. The minimum absolute atomic E-state index is 0.130. The standard InChI is InChI=1S/C20H24F3N5O2/c1-12(2)9-27-19(24)28-16-11-25-8-7-14(16)18(29)26-10-13-5-4-6-15(17(13)30-3)20(21,22)23/h4-8,11-12H,9-10H2,1-3H3,(H,26,29)(H3,24,27,28). The maximum atomic E-state index is 13.2. The van der Waals surface area contributed by atoms with Crippen molar-refractivity contribution in [3.63, 3.8) is 0 Å². The van der Waals surface area contributed by atoms with Crippen LogP contribution in [0.2, 0.25) is 0 Å². The smallest absolute Gasteiger partial charge is 0.419 e. The second kappa shape index (κ2) is 9.95. The van der Waals surface area contributed by atoms with Crippen molar-refractivity contribution in [2.75, 3.05) is 19.0 Å². The van der Waals surface area contributed by atoms with Crippen molar-refractivity contribution >= 4 is 17.6 Å². The molecule has 0 fully saturated rings. The molecule has 0 saturated heterocycles. The number of aliphatic imine (C=N–C) groups is 1. The van der Waals surface area contributed by atoms with E-state index < -0.39 is 17.6 Å². The van der Waals surface area contributed by atoms with Crippen molar-refractivity contribution in [3.05, 3.63) is 53.3 Å². The van der Waals surface area contributed by atoms with Gasteiger partial charge in [-0.3, -0.25) is 14.8 Å². The number of nitrogens with two attached hydrogens (primary N) is 1. The van der Waals surface area contributed by atoms with Gasteiger partial charge in [0.1, 0.15) is 5.75 Å². The predicted octanol–water partition coefficient (Wildman–Crippen LogP) is 3.42. The molecule has 0 radical (unpaired) electrons. The summed E-state index contributed by atoms with van der Waals surface area (Å²) >= 11 is 0. The number of hydrogen-bond acceptors (Lipinski definition) is 4. The first-order chi connectivity index (χ1) is 14.1. The molecule has 30 heavy (non-hydrogen) atoms. The Morgan fingerprint density at radius 2 is 2.03 bits per heavy atom. The summed E-state index contributed by atoms with van der Waals surface area (Å²) in [6, 6.07) is 5.11. The van der Waals surface area contributed by atoms with Gasteiger partial charge in [-0.25, -0.2) is 0 Å². The molecule has 0 aliphatic carbocycles. The van der Waals surface area contributed by atoms with Crippen LogP contribution in [0.25, 0.3) is 0 Å². The van der Waals surface area contributed by atoms with Crippen LogP contribution in [0.15, 0.2) is 41.7 Å². The number of anilines is 1. The number of halogens is 3. The number of nitrogens with zero attached hydrogens (tertiary/aromatic N) is 2. The number of ether oxygens (including phenoxy) is 1. The summed E-state index contributed by atoms with van der Waals surface area (Å²) in [5.74, 6) is -0.408. The number of methoxy groups -OCH3 is 1. The number of benzene rings is 1. The normalized spacial score (nSPS) is 12.0. The fourth-order valence-electron chi connectivity index (χ4n) is 2.61. The second-order valence-corrected chi connectivity index (χ2v) is 6.84. The molecule has 0 bridgehead atoms. The molecule has 0 unspecified atom stereocenters. The molecule has 2 aromatic rings. The Labute approximate surface area is 172 Å². The molecule has 7 nitrogen and oxygen atoms in total. The number of aromatic nitrogens is 1. The van der Waals surface area contributed by atoms with E-state index in [0.29, 0.717) is 18.2 Å². The zero-order chi connectivity index (χ0) is 22.3. The fraction of sp³-hybridized carbons (Fsp3) is 0.350. The van der Waals surface area contributed by atoms with Crippen molar-refractivity contribution in [2.45, 2.75) is 26.6 Å². The molecular formula is C20H24F3N5O2. The van der Waals surface area contributed by atoms with Crippen molar-refractivity contribution in [1.82, 2.24) is 10.3 Å². The molecule has 10 heteroatoms. The van der Waals surface area contributed by atoms with E-state index in [0.717, 1.165) is 13.2 Å². The largest absolute Gasteiger partial charge is 0.496 e. The molecule has 1 aromatic heterocycles. The Morgan fingerprint density at radius 1 is 1.30 bits per heavy atom. The van der Waals surface area contributed by atoms with E-state index in [1.165, 1.54) is 30.6 Å². The summed E-state index contributed by atoms with van der Waals surface area (Å²) in [5, 5.41) is 5.43. The Balaban J connectivity index is 2.18. The van der Waals surface area contributed by atoms with Crippen molar-refractivity contribution in [3.8, 4) is 5.75 Å². The van der Waals surface area contributed by atoms with E-state index in [1.54, 1.807) is 0 Å². The molecule has 2 rings (SSSR count). The Hall–Kier alpha value is -3.30. The highest BCUT2D eigenvalue weighted by Crippen LogP contribution is 2.38. The van der Waals surface area contributed by atoms with Crippen LogP contribution in [0.4, 0.5) is 18.9 Å². The number of carbonyl (C=O) groups is 1. The first-order valence-electron chi connectivity index (χ1n) is 9.15. The first-order valence-corrected chi connectivity index (χ1v) is 9.15. The van der Waals surface area contributed by atoms with Gasteiger partial charge in [-0.1, -0.05) is 26.0 Å². The zero-order valence-corrected chi connectivity index (χ0v) is 16.9. The molecule has 0 atom stereocenters. The lowest BCUT2D eigenvalue weighted by molar-refractivity contribution is -0.138. The SMILES string of the molecule is COc1c(CNC(=O)c2ccncc2NC(N)=NCC(C)C)cccc1C(F)(F)F. The first kappa shape index (κ1) is 23.0. The lowest BCUT2D eigenvalue weighted by Crippen LogP contribution is -2.28. The average molecular weight is 423 g/mol. The quantitative estimate of drug-likeness (QED) is 0.468. The van der Waals surface area contributed by atoms with Crippen molar-refractivity contribution < 1.29 is 22.7 Å². The van der Waals surface area contributed by atoms with Crippen molar-refractivity contribution in [1.29, 1.82) is 0 Å². The monoisotopic (exact) mass is 423 g/mol. The van der Waals surface area contributed by atoms with Crippen LogP contribution in [-0.4, -0.2) is 30.5 Å². The molecule has 0 saturated carbocycles. The molecule has 1 aromatic carbocycles. The van der Waals surface area contributed by atoms with Gasteiger partial charge in [0.25, 0.3) is 5.91 Å². The third-order valence-electron chi connectivity index (χ3n) is 4.00. The van der Waals surface area contributed by atoms with E-state index in [4.69, 9.17) is 10.5 Å². The molecule has 0 spiro atoms. The average Bonchev–Trinajstić information content (AvgIpc) is 2.69. The molecule has 1 heterocycles. The third-order valence-corrected chi connectivity index (χ3v) is 4.00. The van der Waals surface area contributed by atoms with Gasteiger partial charge in [0.15, 0.2) is 5.96 Å². The maximum Gasteiger partial charge on any atom is 0.419 e. The van der Waals surface area contributed by atoms with Gasteiger partial charge in [-0.05, 0) is 18.1 Å². The summed E-state index contributed by atoms with van der Waals surface area (Å²) in [5.41, 5.74) is 5.68. The Kier molecular flexibility index (Phi) is 7.62. The number of hydrogen-bond donors (Lipinski definition) is 3. The lowest BCUT2D eigenvalue weighted by Gasteiger charge is -2.16. The predicted molar refractivity (Wildman–Crippen MR) is 108 cm³/mol. The van der Waals surface area contributed by atoms with E-state index >= 15 is 0 Å². The molecule has 162 valence electrons. The van der Waals surface area contributed by atoms with Gasteiger partial charge in [0, 0.05) is 24.8 Å². The summed E-state index contributed by atoms with van der Waals surface area (Å²) < 4.78 is 44.4. The van der Waals surface area contributed by atoms with E-state index in [-0.39, 0.29) is 29.4 Å². The van der Waals surface area contributed by atoms with Gasteiger partial charge >= 0.3 is 6.18 Å². The maximum absolute atomic E-state index is 13.2. The topological polar surface area (TPSA) is 102 Å². The summed E-state index contributed by atoms with van der Waals surface area (Å²) in [6.45, 7) is 4.32. The molecule has 4 N–H and O–H groups in total. The number of alkyl halides is 3. The highest BCUT2D eigenvalue weighted by Gasteiger charge is 2.35. The van der Waals surface area contributed by atoms with Crippen LogP contribution in [0, 0.1) is 5.92 Å². The second-order valence-electron chi connectivity index (χ2n) is 6.84. The van der Waals surface area contributed by atoms with Gasteiger partial charge in [0.05, 0.1) is 30.1 Å². The minimum Gasteiger partial charge on any atom is -0.496 e. The van der Waals surface area contributed by atoms with Crippen LogP contribution in [0.3, 0.4) is 0 Å². The van der Waals surface area contributed by atoms with Gasteiger partial charge in [-0.2, -0.15) is 13.2 Å². The van der Waals surface area contributed by atoms with Crippen LogP contribution in [-0.2, 0) is 12.7 Å². The van der Waals surface area contributed by atoms with Crippen molar-refractivity contribution in [2.24, 2.45) is 16.6 Å². The van der Waals surface area contributed by atoms with Gasteiger partial charge in [0.2, 0.25) is 0 Å². The van der Waals surface area contributed by atoms with Gasteiger partial charge in [-0.15, -0.1) is 0 Å². The van der Waals surface area contributed by atoms with E-state index in [2.05, 4.69) is 20.6 Å². The number of carbonyl (C=O) groups excluding carboxylic acids is 1. The number of pyridine rings is 1. The highest BCUT2D eigenvalue weighted by molar-refractivity contribution is 6.03. The van der Waals surface area contributed by atoms with Gasteiger partial charge < -0.3 is 21.1 Å². The zero-order valence-electron chi connectivity index (χ0n) is 16.9. The summed E-state index contributed by atoms with van der Waals surface area (Å²) in [4.78, 5) is 20.8. The van der Waals surface area contributed by atoms with E-state index in [1.807, 2.05) is 13.8 Å². The molecule has 0 aliphatic heterocycles. The van der Waals surface area contributed by atoms with Crippen LogP contribution >= 0.6 is 0 Å². The summed E-state index contributed by atoms with van der Waals surface area (Å²) in [6.07, 6.45) is -1.73. The number of amides is 1. The molecular weight excluding hydrogens is 399 g/mol. The minimum atomic E-state index is -4.57. The van der Waals surface area contributed by atoms with Crippen LogP contribution in [0.5, 0.6) is 5.75 Å². The van der Waals surface area contributed by atoms with Crippen LogP contribution in [0.1, 0.15) is 35.3 Å². The van der Waals surface area contributed by atoms with E-state index in [9.17, 15) is 18.0 Å². The molecule has 1 amide bonds. The fourth-order valence-corrected chi connectivity index (χ4v) is 2.61. The Morgan fingerprint density at radius 3 is 2.67 bits per heavy atom. The number of para-hydroxylation sites is 1. The van der Waals surface area contributed by atoms with Crippen LogP contribution < -0.4 is 21.1 Å². The Bertz CT molecular complexity index is 914. The molecule has 0 aliphatic rings. The number of rotatable bonds is 7.